The molecule has 0 unspecified atom stereocenters. The van der Waals surface area contributed by atoms with E-state index in [9.17, 15) is 35.9 Å². The van der Waals surface area contributed by atoms with Gasteiger partial charge in [-0.05, 0) is 41.0 Å². The van der Waals surface area contributed by atoms with Gasteiger partial charge in [0.15, 0.2) is 5.60 Å². The number of hydrogen-bond acceptors (Lipinski definition) is 3. The highest BCUT2D eigenvalue weighted by molar-refractivity contribution is 6.13. The molecule has 4 rings (SSSR count). The molecule has 3 nitrogen and oxygen atoms in total. The zero-order chi connectivity index (χ0) is 21.9. The summed E-state index contributed by atoms with van der Waals surface area (Å²) in [6.45, 7) is 0. The first-order valence-corrected chi connectivity index (χ1v) is 8.79. The van der Waals surface area contributed by atoms with Gasteiger partial charge < -0.3 is 4.74 Å². The van der Waals surface area contributed by atoms with Gasteiger partial charge in [-0.1, -0.05) is 24.3 Å². The van der Waals surface area contributed by atoms with E-state index in [0.717, 1.165) is 6.08 Å². The Morgan fingerprint density at radius 3 is 1.90 bits per heavy atom. The fourth-order valence-electron chi connectivity index (χ4n) is 3.72. The first-order chi connectivity index (χ1) is 13.9. The molecule has 0 amide bonds. The monoisotopic (exact) mass is 426 g/mol. The Hall–Kier alpha value is -3.10. The third-order valence-corrected chi connectivity index (χ3v) is 5.12. The number of alkyl halides is 6. The van der Waals surface area contributed by atoms with Crippen molar-refractivity contribution < 1.29 is 40.7 Å². The Morgan fingerprint density at radius 2 is 1.40 bits per heavy atom. The molecule has 9 heteroatoms. The molecule has 0 radical (unpaired) electrons. The highest BCUT2D eigenvalue weighted by atomic mass is 19.4. The molecule has 1 aliphatic heterocycles. The summed E-state index contributed by atoms with van der Waals surface area (Å²) in [6.07, 6.45) is -9.00. The molecule has 1 aliphatic carbocycles. The number of carbonyl (C=O) groups excluding carboxylic acids is 2. The maximum atomic E-state index is 13.3. The number of carbonyl (C=O) groups is 2. The lowest BCUT2D eigenvalue weighted by Gasteiger charge is -2.30. The number of rotatable bonds is 1. The van der Waals surface area contributed by atoms with Gasteiger partial charge in [-0.2, -0.15) is 26.3 Å². The number of hydrogen-bond donors (Lipinski definition) is 0. The van der Waals surface area contributed by atoms with Crippen LogP contribution in [0.1, 0.15) is 45.5 Å². The van der Waals surface area contributed by atoms with Crippen LogP contribution in [-0.4, -0.2) is 17.4 Å². The van der Waals surface area contributed by atoms with E-state index in [-0.39, 0.29) is 41.2 Å². The maximum absolute atomic E-state index is 13.3. The van der Waals surface area contributed by atoms with Crippen LogP contribution in [0.15, 0.2) is 48.5 Å². The van der Waals surface area contributed by atoms with Crippen molar-refractivity contribution in [1.29, 1.82) is 0 Å². The molecule has 30 heavy (non-hydrogen) atoms. The molecule has 1 heterocycles. The molecule has 0 bridgehead atoms. The summed E-state index contributed by atoms with van der Waals surface area (Å²) in [5.41, 5.74) is -4.86. The minimum Gasteiger partial charge on any atom is -0.446 e. The van der Waals surface area contributed by atoms with E-state index in [1.165, 1.54) is 24.3 Å². The fraction of sp³-hybridized carbons (Fsp3) is 0.238. The van der Waals surface area contributed by atoms with Gasteiger partial charge in [0, 0.05) is 12.0 Å². The van der Waals surface area contributed by atoms with Crippen LogP contribution in [0.25, 0.3) is 5.57 Å². The molecule has 156 valence electrons. The highest BCUT2D eigenvalue weighted by Crippen LogP contribution is 2.44. The first-order valence-electron chi connectivity index (χ1n) is 8.79. The minimum atomic E-state index is -5.02. The van der Waals surface area contributed by atoms with Crippen LogP contribution in [0.4, 0.5) is 26.3 Å². The van der Waals surface area contributed by atoms with E-state index < -0.39 is 40.8 Å². The topological polar surface area (TPSA) is 43.4 Å². The molecule has 1 spiro atoms. The SMILES string of the molecule is O=C1CC[C@]2(C=C(c3cc(C(F)(F)F)cc(C(F)(F)F)c3)c3ccccc3C2=O)O1. The van der Waals surface area contributed by atoms with E-state index in [0.29, 0.717) is 12.1 Å². The molecule has 1 atom stereocenters. The largest absolute Gasteiger partial charge is 0.446 e. The van der Waals surface area contributed by atoms with Crippen LogP contribution in [0.3, 0.4) is 0 Å². The van der Waals surface area contributed by atoms with Gasteiger partial charge in [0.1, 0.15) is 0 Å². The molecule has 2 aliphatic rings. The molecule has 1 saturated heterocycles. The van der Waals surface area contributed by atoms with Crippen molar-refractivity contribution in [3.63, 3.8) is 0 Å². The standard InChI is InChI=1S/C21H12F6O3/c22-20(23,24)12-7-11(8-13(9-12)21(25,26)27)16-10-19(6-5-17(28)30-19)18(29)15-4-2-1-3-14(15)16/h1-4,7-10H,5-6H2/t19-/m1/s1. The Balaban J connectivity index is 1.99. The summed E-state index contributed by atoms with van der Waals surface area (Å²) in [5, 5.41) is 0. The summed E-state index contributed by atoms with van der Waals surface area (Å²) in [5.74, 6) is -1.23. The number of ether oxygens (including phenoxy) is 1. The second-order valence-electron chi connectivity index (χ2n) is 7.09. The van der Waals surface area contributed by atoms with Crippen molar-refractivity contribution in [2.45, 2.75) is 30.8 Å². The third kappa shape index (κ3) is 3.28. The van der Waals surface area contributed by atoms with Crippen molar-refractivity contribution in [1.82, 2.24) is 0 Å². The summed E-state index contributed by atoms with van der Waals surface area (Å²) in [4.78, 5) is 24.6. The van der Waals surface area contributed by atoms with Crippen molar-refractivity contribution in [2.75, 3.05) is 0 Å². The number of esters is 1. The molecule has 0 aromatic heterocycles. The Bertz CT molecular complexity index is 1060. The van der Waals surface area contributed by atoms with E-state index >= 15 is 0 Å². The Kier molecular flexibility index (Phi) is 4.34. The maximum Gasteiger partial charge on any atom is 0.416 e. The summed E-state index contributed by atoms with van der Waals surface area (Å²) >= 11 is 0. The zero-order valence-corrected chi connectivity index (χ0v) is 15.0. The molecule has 2 aromatic rings. The van der Waals surface area contributed by atoms with E-state index in [1.54, 1.807) is 0 Å². The molecule has 1 fully saturated rings. The second-order valence-corrected chi connectivity index (χ2v) is 7.09. The average Bonchev–Trinajstić information content (AvgIpc) is 3.04. The number of fused-ring (bicyclic) bond motifs is 1. The molecular weight excluding hydrogens is 414 g/mol. The second kappa shape index (κ2) is 6.45. The summed E-state index contributed by atoms with van der Waals surface area (Å²) in [6, 6.07) is 7.08. The number of ketones is 1. The summed E-state index contributed by atoms with van der Waals surface area (Å²) in [7, 11) is 0. The van der Waals surface area contributed by atoms with Crippen LogP contribution in [0.2, 0.25) is 0 Å². The lowest BCUT2D eigenvalue weighted by atomic mass is 9.77. The molecular formula is C21H12F6O3. The van der Waals surface area contributed by atoms with Crippen molar-refractivity contribution in [2.24, 2.45) is 0 Å². The van der Waals surface area contributed by atoms with Gasteiger partial charge >= 0.3 is 18.3 Å². The number of benzene rings is 2. The van der Waals surface area contributed by atoms with E-state index in [2.05, 4.69) is 0 Å². The predicted molar refractivity (Wildman–Crippen MR) is 92.4 cm³/mol. The van der Waals surface area contributed by atoms with Crippen LogP contribution in [-0.2, 0) is 21.9 Å². The van der Waals surface area contributed by atoms with Gasteiger partial charge in [0.2, 0.25) is 5.78 Å². The highest BCUT2D eigenvalue weighted by Gasteiger charge is 2.49. The lowest BCUT2D eigenvalue weighted by molar-refractivity contribution is -0.144. The van der Waals surface area contributed by atoms with Crippen molar-refractivity contribution in [3.05, 3.63) is 76.4 Å². The minimum absolute atomic E-state index is 0.0310. The van der Waals surface area contributed by atoms with Gasteiger partial charge in [0.25, 0.3) is 0 Å². The fourth-order valence-corrected chi connectivity index (χ4v) is 3.72. The van der Waals surface area contributed by atoms with Gasteiger partial charge in [-0.3, -0.25) is 9.59 Å². The smallest absolute Gasteiger partial charge is 0.416 e. The van der Waals surface area contributed by atoms with Crippen LogP contribution >= 0.6 is 0 Å². The van der Waals surface area contributed by atoms with Crippen molar-refractivity contribution in [3.8, 4) is 0 Å². The molecule has 0 N–H and O–H groups in total. The zero-order valence-electron chi connectivity index (χ0n) is 15.0. The van der Waals surface area contributed by atoms with Gasteiger partial charge in [-0.25, -0.2) is 0 Å². The first kappa shape index (κ1) is 20.2. The molecule has 2 aromatic carbocycles. The predicted octanol–water partition coefficient (Wildman–Crippen LogP) is 5.43. The molecule has 0 saturated carbocycles. The normalized spacial score (nSPS) is 21.5. The summed E-state index contributed by atoms with van der Waals surface area (Å²) < 4.78 is 85.0. The van der Waals surface area contributed by atoms with E-state index in [4.69, 9.17) is 4.74 Å². The quantitative estimate of drug-likeness (QED) is 0.451. The lowest BCUT2D eigenvalue weighted by Crippen LogP contribution is -2.39. The van der Waals surface area contributed by atoms with Crippen LogP contribution in [0, 0.1) is 0 Å². The van der Waals surface area contributed by atoms with Crippen LogP contribution < -0.4 is 0 Å². The Morgan fingerprint density at radius 1 is 0.833 bits per heavy atom. The van der Waals surface area contributed by atoms with E-state index in [1.807, 2.05) is 0 Å². The third-order valence-electron chi connectivity index (χ3n) is 5.12. The average molecular weight is 426 g/mol. The van der Waals surface area contributed by atoms with Gasteiger partial charge in [0.05, 0.1) is 17.5 Å². The van der Waals surface area contributed by atoms with Gasteiger partial charge in [-0.15, -0.1) is 0 Å². The van der Waals surface area contributed by atoms with Crippen molar-refractivity contribution >= 4 is 17.3 Å². The van der Waals surface area contributed by atoms with Crippen LogP contribution in [0.5, 0.6) is 0 Å². The Labute approximate surface area is 166 Å². The number of Topliss-reactive ketones (excluding diaryl/α,β-unsaturated/α-hetero) is 1. The number of halogens is 6.